The third-order valence-electron chi connectivity index (χ3n) is 3.12. The Morgan fingerprint density at radius 1 is 1.12 bits per heavy atom. The van der Waals surface area contributed by atoms with E-state index in [0.717, 1.165) is 6.26 Å². The Hall–Kier alpha value is -2.45. The van der Waals surface area contributed by atoms with Crippen LogP contribution in [0.4, 0.5) is 5.69 Å². The van der Waals surface area contributed by atoms with Crippen LogP contribution in [0.5, 0.6) is 0 Å². The molecule has 2 aromatic rings. The molecule has 0 spiro atoms. The minimum Gasteiger partial charge on any atom is -0.355 e. The van der Waals surface area contributed by atoms with Crippen molar-refractivity contribution in [3.63, 3.8) is 0 Å². The van der Waals surface area contributed by atoms with Crippen LogP contribution in [0.15, 0.2) is 41.4 Å². The third kappa shape index (κ3) is 3.90. The summed E-state index contributed by atoms with van der Waals surface area (Å²) in [6.45, 7) is 0. The van der Waals surface area contributed by atoms with Gasteiger partial charge in [0, 0.05) is 19.5 Å². The second-order valence-electron chi connectivity index (χ2n) is 4.85. The van der Waals surface area contributed by atoms with E-state index in [2.05, 4.69) is 15.6 Å². The van der Waals surface area contributed by atoms with Gasteiger partial charge in [-0.25, -0.2) is 13.4 Å². The first-order chi connectivity index (χ1) is 11.2. The molecular weight excluding hydrogens is 354 g/mol. The first-order valence-electron chi connectivity index (χ1n) is 6.72. The summed E-state index contributed by atoms with van der Waals surface area (Å²) in [7, 11) is -2.16. The van der Waals surface area contributed by atoms with Crippen molar-refractivity contribution in [2.24, 2.45) is 0 Å². The molecule has 0 aliphatic heterocycles. The van der Waals surface area contributed by atoms with Crippen LogP contribution in [-0.2, 0) is 9.84 Å². The van der Waals surface area contributed by atoms with Crippen LogP contribution in [0.25, 0.3) is 0 Å². The van der Waals surface area contributed by atoms with Crippen molar-refractivity contribution in [3.05, 3.63) is 52.8 Å². The molecule has 7 nitrogen and oxygen atoms in total. The summed E-state index contributed by atoms with van der Waals surface area (Å²) in [5.41, 5.74) is 0.200. The highest BCUT2D eigenvalue weighted by atomic mass is 35.5. The Morgan fingerprint density at radius 2 is 1.79 bits per heavy atom. The van der Waals surface area contributed by atoms with Crippen molar-refractivity contribution in [1.82, 2.24) is 10.3 Å². The van der Waals surface area contributed by atoms with Gasteiger partial charge in [0.05, 0.1) is 21.7 Å². The molecule has 0 aliphatic rings. The number of halogens is 1. The SMILES string of the molecule is CNC(=O)c1cnc(Cl)cc1NC(=O)c1ccccc1S(C)(=O)=O. The molecule has 2 rings (SSSR count). The van der Waals surface area contributed by atoms with Gasteiger partial charge in [-0.05, 0) is 18.2 Å². The van der Waals surface area contributed by atoms with Crippen LogP contribution in [0.3, 0.4) is 0 Å². The van der Waals surface area contributed by atoms with E-state index in [-0.39, 0.29) is 26.9 Å². The molecule has 0 fully saturated rings. The summed E-state index contributed by atoms with van der Waals surface area (Å²) in [6.07, 6.45) is 2.23. The van der Waals surface area contributed by atoms with Crippen molar-refractivity contribution >= 4 is 38.9 Å². The monoisotopic (exact) mass is 367 g/mol. The molecule has 1 aromatic heterocycles. The number of sulfone groups is 1. The van der Waals surface area contributed by atoms with Gasteiger partial charge >= 0.3 is 0 Å². The second-order valence-corrected chi connectivity index (χ2v) is 7.23. The average Bonchev–Trinajstić information content (AvgIpc) is 2.53. The summed E-state index contributed by atoms with van der Waals surface area (Å²) in [4.78, 5) is 28.0. The summed E-state index contributed by atoms with van der Waals surface area (Å²) in [6, 6.07) is 7.10. The van der Waals surface area contributed by atoms with Crippen molar-refractivity contribution < 1.29 is 18.0 Å². The minimum atomic E-state index is -3.59. The van der Waals surface area contributed by atoms with Crippen molar-refractivity contribution in [2.75, 3.05) is 18.6 Å². The van der Waals surface area contributed by atoms with E-state index in [0.29, 0.717) is 0 Å². The summed E-state index contributed by atoms with van der Waals surface area (Å²) < 4.78 is 23.6. The number of carbonyl (C=O) groups excluding carboxylic acids is 2. The van der Waals surface area contributed by atoms with E-state index in [1.54, 1.807) is 6.07 Å². The number of pyridine rings is 1. The Kier molecular flexibility index (Phi) is 5.20. The summed E-state index contributed by atoms with van der Waals surface area (Å²) in [5, 5.41) is 5.01. The van der Waals surface area contributed by atoms with Gasteiger partial charge in [0.15, 0.2) is 9.84 Å². The topological polar surface area (TPSA) is 105 Å². The molecule has 0 unspecified atom stereocenters. The smallest absolute Gasteiger partial charge is 0.257 e. The molecule has 1 heterocycles. The van der Waals surface area contributed by atoms with E-state index >= 15 is 0 Å². The third-order valence-corrected chi connectivity index (χ3v) is 4.48. The maximum atomic E-state index is 12.5. The molecule has 1 aromatic carbocycles. The quantitative estimate of drug-likeness (QED) is 0.801. The summed E-state index contributed by atoms with van der Waals surface area (Å²) in [5.74, 6) is -1.14. The molecule has 9 heteroatoms. The normalized spacial score (nSPS) is 11.0. The van der Waals surface area contributed by atoms with Gasteiger partial charge in [-0.3, -0.25) is 9.59 Å². The lowest BCUT2D eigenvalue weighted by molar-refractivity contribution is 0.0963. The highest BCUT2D eigenvalue weighted by Gasteiger charge is 2.20. The lowest BCUT2D eigenvalue weighted by Gasteiger charge is -2.12. The number of benzene rings is 1. The summed E-state index contributed by atoms with van der Waals surface area (Å²) >= 11 is 5.81. The maximum absolute atomic E-state index is 12.5. The number of nitrogens with one attached hydrogen (secondary N) is 2. The van der Waals surface area contributed by atoms with E-state index in [1.807, 2.05) is 0 Å². The van der Waals surface area contributed by atoms with Crippen molar-refractivity contribution in [1.29, 1.82) is 0 Å². The van der Waals surface area contributed by atoms with E-state index in [4.69, 9.17) is 11.6 Å². The highest BCUT2D eigenvalue weighted by molar-refractivity contribution is 7.90. The van der Waals surface area contributed by atoms with E-state index in [1.165, 1.54) is 37.5 Å². The van der Waals surface area contributed by atoms with Crippen molar-refractivity contribution in [2.45, 2.75) is 4.90 Å². The van der Waals surface area contributed by atoms with Gasteiger partial charge in [-0.2, -0.15) is 0 Å². The molecule has 0 saturated carbocycles. The number of nitrogens with zero attached hydrogens (tertiary/aromatic N) is 1. The van der Waals surface area contributed by atoms with Gasteiger partial charge in [-0.15, -0.1) is 0 Å². The molecule has 0 atom stereocenters. The van der Waals surface area contributed by atoms with Crippen LogP contribution in [0.2, 0.25) is 5.15 Å². The predicted molar refractivity (Wildman–Crippen MR) is 90.1 cm³/mol. The fourth-order valence-corrected chi connectivity index (χ4v) is 3.06. The minimum absolute atomic E-state index is 0.0317. The molecule has 0 aliphatic carbocycles. The van der Waals surface area contributed by atoms with E-state index < -0.39 is 21.7 Å². The molecule has 0 radical (unpaired) electrons. The Bertz CT molecular complexity index is 913. The Morgan fingerprint density at radius 3 is 2.42 bits per heavy atom. The zero-order valence-corrected chi connectivity index (χ0v) is 14.4. The van der Waals surface area contributed by atoms with E-state index in [9.17, 15) is 18.0 Å². The van der Waals surface area contributed by atoms with Gasteiger partial charge in [0.2, 0.25) is 0 Å². The highest BCUT2D eigenvalue weighted by Crippen LogP contribution is 2.22. The average molecular weight is 368 g/mol. The lowest BCUT2D eigenvalue weighted by atomic mass is 10.1. The van der Waals surface area contributed by atoms with Gasteiger partial charge in [-0.1, -0.05) is 23.7 Å². The van der Waals surface area contributed by atoms with Crippen LogP contribution >= 0.6 is 11.6 Å². The molecule has 2 N–H and O–H groups in total. The zero-order valence-electron chi connectivity index (χ0n) is 12.8. The first-order valence-corrected chi connectivity index (χ1v) is 8.99. The Balaban J connectivity index is 2.45. The van der Waals surface area contributed by atoms with Crippen LogP contribution in [0.1, 0.15) is 20.7 Å². The number of anilines is 1. The molecule has 2 amide bonds. The maximum Gasteiger partial charge on any atom is 0.257 e. The van der Waals surface area contributed by atoms with Crippen LogP contribution in [0, 0.1) is 0 Å². The molecule has 24 heavy (non-hydrogen) atoms. The molecular formula is C15H14ClN3O4S. The fourth-order valence-electron chi connectivity index (χ4n) is 2.02. The van der Waals surface area contributed by atoms with Gasteiger partial charge < -0.3 is 10.6 Å². The van der Waals surface area contributed by atoms with Crippen LogP contribution in [-0.4, -0.2) is 38.5 Å². The fraction of sp³-hybridized carbons (Fsp3) is 0.133. The number of rotatable bonds is 4. The molecule has 126 valence electrons. The van der Waals surface area contributed by atoms with Gasteiger partial charge in [0.25, 0.3) is 11.8 Å². The lowest BCUT2D eigenvalue weighted by Crippen LogP contribution is -2.22. The Labute approximate surface area is 144 Å². The number of carbonyl (C=O) groups is 2. The number of aromatic nitrogens is 1. The number of amides is 2. The van der Waals surface area contributed by atoms with Crippen LogP contribution < -0.4 is 10.6 Å². The molecule has 0 saturated heterocycles. The molecule has 0 bridgehead atoms. The zero-order chi connectivity index (χ0) is 17.9. The van der Waals surface area contributed by atoms with Gasteiger partial charge in [0.1, 0.15) is 5.15 Å². The standard InChI is InChI=1S/C15H14ClN3O4S/c1-17-14(20)10-8-18-13(16)7-11(10)19-15(21)9-5-3-4-6-12(9)24(2,22)23/h3-8H,1-2H3,(H,17,20)(H,18,19,21). The first kappa shape index (κ1) is 17.9. The van der Waals surface area contributed by atoms with Crippen molar-refractivity contribution in [3.8, 4) is 0 Å². The number of hydrogen-bond acceptors (Lipinski definition) is 5. The number of hydrogen-bond donors (Lipinski definition) is 2. The second kappa shape index (κ2) is 6.98. The predicted octanol–water partition coefficient (Wildman–Crippen LogP) is 1.75. The largest absolute Gasteiger partial charge is 0.355 e.